The van der Waals surface area contributed by atoms with Gasteiger partial charge in [0, 0.05) is 25.8 Å². The lowest BCUT2D eigenvalue weighted by molar-refractivity contribution is 0.0520. The Hall–Kier alpha value is -1.34. The van der Waals surface area contributed by atoms with Gasteiger partial charge in [0.05, 0.1) is 11.8 Å². The van der Waals surface area contributed by atoms with Crippen LogP contribution < -0.4 is 0 Å². The molecule has 21 heavy (non-hydrogen) atoms. The molecule has 2 fully saturated rings. The molecular formula is C14H21N3O3S. The number of nitrogens with one attached hydrogen (secondary N) is 1. The number of hydrogen-bond acceptors (Lipinski definition) is 3. The Balaban J connectivity index is 1.84. The van der Waals surface area contributed by atoms with E-state index in [4.69, 9.17) is 0 Å². The fraction of sp³-hybridized carbons (Fsp3) is 0.643. The highest BCUT2D eigenvalue weighted by Crippen LogP contribution is 2.39. The first kappa shape index (κ1) is 14.6. The number of hydrogen-bond donors (Lipinski definition) is 1. The molecule has 1 amide bonds. The van der Waals surface area contributed by atoms with Crippen LogP contribution in [0.5, 0.6) is 0 Å². The van der Waals surface area contributed by atoms with E-state index in [1.165, 1.54) is 6.26 Å². The zero-order chi connectivity index (χ0) is 15.1. The van der Waals surface area contributed by atoms with Gasteiger partial charge in [-0.05, 0) is 37.8 Å². The molecule has 116 valence electrons. The monoisotopic (exact) mass is 311 g/mol. The summed E-state index contributed by atoms with van der Waals surface area (Å²) >= 11 is 0. The van der Waals surface area contributed by atoms with Crippen LogP contribution in [0.15, 0.2) is 18.3 Å². The van der Waals surface area contributed by atoms with E-state index in [2.05, 4.69) is 4.98 Å². The average Bonchev–Trinajstić information content (AvgIpc) is 3.07. The molecule has 0 unspecified atom stereocenters. The van der Waals surface area contributed by atoms with Crippen molar-refractivity contribution >= 4 is 15.9 Å². The number of aromatic nitrogens is 1. The molecule has 3 heterocycles. The first-order chi connectivity index (χ1) is 9.92. The van der Waals surface area contributed by atoms with Crippen LogP contribution in [-0.2, 0) is 10.0 Å². The average molecular weight is 311 g/mol. The molecule has 0 radical (unpaired) electrons. The third-order valence-electron chi connectivity index (χ3n) is 4.60. The van der Waals surface area contributed by atoms with Gasteiger partial charge in [0.1, 0.15) is 5.69 Å². The number of amides is 1. The van der Waals surface area contributed by atoms with Crippen molar-refractivity contribution in [3.8, 4) is 0 Å². The largest absolute Gasteiger partial charge is 0.357 e. The van der Waals surface area contributed by atoms with E-state index in [9.17, 15) is 13.2 Å². The van der Waals surface area contributed by atoms with Gasteiger partial charge < -0.3 is 9.88 Å². The molecule has 1 spiro atoms. The third kappa shape index (κ3) is 2.60. The maximum absolute atomic E-state index is 12.5. The molecule has 1 atom stereocenters. The van der Waals surface area contributed by atoms with Crippen molar-refractivity contribution in [2.45, 2.75) is 31.2 Å². The van der Waals surface area contributed by atoms with Gasteiger partial charge in [-0.2, -0.15) is 4.31 Å². The Bertz CT molecular complexity index is 626. The lowest BCUT2D eigenvalue weighted by Gasteiger charge is -2.44. The Labute approximate surface area is 125 Å². The van der Waals surface area contributed by atoms with E-state index in [0.717, 1.165) is 25.7 Å². The molecule has 0 bridgehead atoms. The summed E-state index contributed by atoms with van der Waals surface area (Å²) in [7, 11) is -3.23. The molecule has 6 nitrogen and oxygen atoms in total. The minimum atomic E-state index is -3.23. The van der Waals surface area contributed by atoms with Crippen molar-refractivity contribution < 1.29 is 13.2 Å². The smallest absolute Gasteiger partial charge is 0.270 e. The van der Waals surface area contributed by atoms with Crippen LogP contribution in [0.3, 0.4) is 0 Å². The van der Waals surface area contributed by atoms with Crippen molar-refractivity contribution in [1.29, 1.82) is 0 Å². The van der Waals surface area contributed by atoms with Gasteiger partial charge in [-0.25, -0.2) is 8.42 Å². The number of carbonyl (C=O) groups is 1. The molecule has 0 aromatic carbocycles. The summed E-state index contributed by atoms with van der Waals surface area (Å²) in [5.41, 5.74) is 0.171. The van der Waals surface area contributed by atoms with Crippen LogP contribution in [0, 0.1) is 0 Å². The minimum Gasteiger partial charge on any atom is -0.357 e. The molecular weight excluding hydrogens is 290 g/mol. The van der Waals surface area contributed by atoms with Crippen LogP contribution in [-0.4, -0.2) is 59.9 Å². The number of sulfonamides is 1. The number of likely N-dealkylation sites (tertiary alicyclic amines) is 1. The van der Waals surface area contributed by atoms with Crippen LogP contribution in [0.4, 0.5) is 0 Å². The first-order valence-electron chi connectivity index (χ1n) is 7.33. The van der Waals surface area contributed by atoms with E-state index >= 15 is 0 Å². The minimum absolute atomic E-state index is 0.0422. The summed E-state index contributed by atoms with van der Waals surface area (Å²) in [6.07, 6.45) is 6.40. The summed E-state index contributed by atoms with van der Waals surface area (Å²) in [6, 6.07) is 3.55. The van der Waals surface area contributed by atoms with Crippen LogP contribution in [0.25, 0.3) is 0 Å². The lowest BCUT2D eigenvalue weighted by Crippen LogP contribution is -2.58. The maximum atomic E-state index is 12.5. The predicted octanol–water partition coefficient (Wildman–Crippen LogP) is 1.04. The van der Waals surface area contributed by atoms with Crippen LogP contribution >= 0.6 is 0 Å². The molecule has 1 aromatic rings. The maximum Gasteiger partial charge on any atom is 0.270 e. The van der Waals surface area contributed by atoms with Gasteiger partial charge in [-0.3, -0.25) is 4.79 Å². The SMILES string of the molecule is CS(=O)(=O)N1CCC[C@@]12CCCN(C(=O)c1ccc[nH]1)C2. The molecule has 2 aliphatic heterocycles. The number of nitrogens with zero attached hydrogens (tertiary/aromatic N) is 2. The lowest BCUT2D eigenvalue weighted by atomic mass is 9.87. The zero-order valence-corrected chi connectivity index (χ0v) is 13.0. The summed E-state index contributed by atoms with van der Waals surface area (Å²) < 4.78 is 25.7. The molecule has 7 heteroatoms. The molecule has 1 aromatic heterocycles. The van der Waals surface area contributed by atoms with Gasteiger partial charge in [-0.1, -0.05) is 0 Å². The van der Waals surface area contributed by atoms with E-state index < -0.39 is 15.6 Å². The van der Waals surface area contributed by atoms with Gasteiger partial charge >= 0.3 is 0 Å². The fourth-order valence-corrected chi connectivity index (χ4v) is 5.16. The van der Waals surface area contributed by atoms with Crippen molar-refractivity contribution in [2.24, 2.45) is 0 Å². The number of carbonyl (C=O) groups excluding carboxylic acids is 1. The third-order valence-corrected chi connectivity index (χ3v) is 5.97. The quantitative estimate of drug-likeness (QED) is 0.887. The second-order valence-electron chi connectivity index (χ2n) is 6.08. The highest BCUT2D eigenvalue weighted by Gasteiger charge is 2.48. The predicted molar refractivity (Wildman–Crippen MR) is 79.4 cm³/mol. The molecule has 0 aliphatic carbocycles. The Morgan fingerprint density at radius 1 is 1.29 bits per heavy atom. The Morgan fingerprint density at radius 2 is 2.00 bits per heavy atom. The molecule has 1 N–H and O–H groups in total. The van der Waals surface area contributed by atoms with Crippen molar-refractivity contribution in [3.63, 3.8) is 0 Å². The second kappa shape index (κ2) is 5.14. The van der Waals surface area contributed by atoms with E-state index in [1.807, 2.05) is 0 Å². The van der Waals surface area contributed by atoms with Crippen LogP contribution in [0.2, 0.25) is 0 Å². The van der Waals surface area contributed by atoms with E-state index in [0.29, 0.717) is 25.3 Å². The number of H-pyrrole nitrogens is 1. The molecule has 0 saturated carbocycles. The number of rotatable bonds is 2. The van der Waals surface area contributed by atoms with Crippen LogP contribution in [0.1, 0.15) is 36.2 Å². The fourth-order valence-electron chi connectivity index (χ4n) is 3.76. The topological polar surface area (TPSA) is 73.5 Å². The zero-order valence-electron chi connectivity index (χ0n) is 12.2. The molecule has 2 saturated heterocycles. The highest BCUT2D eigenvalue weighted by atomic mass is 32.2. The summed E-state index contributed by atoms with van der Waals surface area (Å²) in [4.78, 5) is 17.2. The van der Waals surface area contributed by atoms with E-state index in [-0.39, 0.29) is 5.91 Å². The summed E-state index contributed by atoms with van der Waals surface area (Å²) in [6.45, 7) is 1.76. The first-order valence-corrected chi connectivity index (χ1v) is 9.18. The van der Waals surface area contributed by atoms with Crippen molar-refractivity contribution in [3.05, 3.63) is 24.0 Å². The Kier molecular flexibility index (Phi) is 3.57. The van der Waals surface area contributed by atoms with Gasteiger partial charge in [-0.15, -0.1) is 0 Å². The normalized spacial score (nSPS) is 27.4. The van der Waals surface area contributed by atoms with Crippen molar-refractivity contribution in [2.75, 3.05) is 25.9 Å². The Morgan fingerprint density at radius 3 is 2.62 bits per heavy atom. The summed E-state index contributed by atoms with van der Waals surface area (Å²) in [5.74, 6) is -0.0422. The second-order valence-corrected chi connectivity index (χ2v) is 7.98. The summed E-state index contributed by atoms with van der Waals surface area (Å²) in [5, 5.41) is 0. The number of piperidine rings is 1. The van der Waals surface area contributed by atoms with Gasteiger partial charge in [0.2, 0.25) is 10.0 Å². The highest BCUT2D eigenvalue weighted by molar-refractivity contribution is 7.88. The van der Waals surface area contributed by atoms with Gasteiger partial charge in [0.15, 0.2) is 0 Å². The number of aromatic amines is 1. The van der Waals surface area contributed by atoms with Gasteiger partial charge in [0.25, 0.3) is 5.91 Å². The van der Waals surface area contributed by atoms with Crippen molar-refractivity contribution in [1.82, 2.24) is 14.2 Å². The standard InChI is InChI=1S/C14H21N3O3S/c1-21(19,20)17-10-4-7-14(17)6-3-9-16(11-14)13(18)12-5-2-8-15-12/h2,5,8,15H,3-4,6-7,9-11H2,1H3/t14-/m1/s1. The van der Waals surface area contributed by atoms with E-state index in [1.54, 1.807) is 27.5 Å². The molecule has 2 aliphatic rings. The molecule has 3 rings (SSSR count).